The molecule has 0 bridgehead atoms. The predicted molar refractivity (Wildman–Crippen MR) is 97.8 cm³/mol. The molecule has 0 spiro atoms. The lowest BCUT2D eigenvalue weighted by molar-refractivity contribution is -0.115. The Balaban J connectivity index is 1.57. The molecule has 2 aromatic carbocycles. The zero-order valence-corrected chi connectivity index (χ0v) is 14.4. The molecule has 3 aromatic rings. The van der Waals surface area contributed by atoms with Gasteiger partial charge in [-0.25, -0.2) is 0 Å². The van der Waals surface area contributed by atoms with Crippen LogP contribution in [0.2, 0.25) is 5.02 Å². The first-order valence-electron chi connectivity index (χ1n) is 8.07. The average Bonchev–Trinajstić information content (AvgIpc) is 2.91. The molecule has 2 N–H and O–H groups in total. The second kappa shape index (κ2) is 6.33. The summed E-state index contributed by atoms with van der Waals surface area (Å²) in [7, 11) is 0. The number of hydrogen-bond donors (Lipinski definition) is 2. The SMILES string of the molecule is Cc1[nH]c2ccccc2c1CC(=O)Nc1cc2c(cc1Cl)OCCO2. The maximum absolute atomic E-state index is 12.5. The van der Waals surface area contributed by atoms with Crippen molar-refractivity contribution in [2.75, 3.05) is 18.5 Å². The summed E-state index contributed by atoms with van der Waals surface area (Å²) in [5.41, 5.74) is 3.53. The largest absolute Gasteiger partial charge is 0.486 e. The van der Waals surface area contributed by atoms with E-state index in [4.69, 9.17) is 21.1 Å². The van der Waals surface area contributed by atoms with Crippen molar-refractivity contribution in [3.8, 4) is 11.5 Å². The van der Waals surface area contributed by atoms with Gasteiger partial charge in [0.25, 0.3) is 0 Å². The molecule has 0 atom stereocenters. The van der Waals surface area contributed by atoms with Gasteiger partial charge in [-0.15, -0.1) is 0 Å². The minimum Gasteiger partial charge on any atom is -0.486 e. The Morgan fingerprint density at radius 2 is 1.92 bits per heavy atom. The Morgan fingerprint density at radius 3 is 2.72 bits per heavy atom. The van der Waals surface area contributed by atoms with Crippen molar-refractivity contribution in [2.24, 2.45) is 0 Å². The summed E-state index contributed by atoms with van der Waals surface area (Å²) >= 11 is 6.26. The van der Waals surface area contributed by atoms with Crippen molar-refractivity contribution < 1.29 is 14.3 Å². The highest BCUT2D eigenvalue weighted by atomic mass is 35.5. The van der Waals surface area contributed by atoms with Crippen molar-refractivity contribution in [3.63, 3.8) is 0 Å². The number of aromatic nitrogens is 1. The maximum atomic E-state index is 12.5. The van der Waals surface area contributed by atoms with Gasteiger partial charge in [-0.3, -0.25) is 4.79 Å². The molecule has 1 aromatic heterocycles. The van der Waals surface area contributed by atoms with Crippen molar-refractivity contribution in [2.45, 2.75) is 13.3 Å². The van der Waals surface area contributed by atoms with Gasteiger partial charge < -0.3 is 19.8 Å². The first kappa shape index (κ1) is 15.8. The summed E-state index contributed by atoms with van der Waals surface area (Å²) in [6.45, 7) is 2.95. The van der Waals surface area contributed by atoms with Gasteiger partial charge in [-0.05, 0) is 18.6 Å². The zero-order valence-electron chi connectivity index (χ0n) is 13.7. The maximum Gasteiger partial charge on any atom is 0.228 e. The Hall–Kier alpha value is -2.66. The number of carbonyl (C=O) groups excluding carboxylic acids is 1. The number of rotatable bonds is 3. The smallest absolute Gasteiger partial charge is 0.228 e. The lowest BCUT2D eigenvalue weighted by atomic mass is 10.1. The number of para-hydroxylation sites is 1. The number of H-pyrrole nitrogens is 1. The Morgan fingerprint density at radius 1 is 1.20 bits per heavy atom. The van der Waals surface area contributed by atoms with Gasteiger partial charge >= 0.3 is 0 Å². The highest BCUT2D eigenvalue weighted by Gasteiger charge is 2.18. The second-order valence-electron chi connectivity index (χ2n) is 5.97. The van der Waals surface area contributed by atoms with E-state index in [1.165, 1.54) is 0 Å². The van der Waals surface area contributed by atoms with Crippen LogP contribution < -0.4 is 14.8 Å². The van der Waals surface area contributed by atoms with Gasteiger partial charge in [0.2, 0.25) is 5.91 Å². The van der Waals surface area contributed by atoms with Crippen molar-refractivity contribution >= 4 is 34.1 Å². The molecule has 1 aliphatic heterocycles. The van der Waals surface area contributed by atoms with E-state index in [0.717, 1.165) is 22.2 Å². The summed E-state index contributed by atoms with van der Waals surface area (Å²) in [5, 5.41) is 4.35. The molecule has 5 nitrogen and oxygen atoms in total. The lowest BCUT2D eigenvalue weighted by Crippen LogP contribution is -2.17. The third-order valence-corrected chi connectivity index (χ3v) is 4.58. The highest BCUT2D eigenvalue weighted by Crippen LogP contribution is 2.38. The summed E-state index contributed by atoms with van der Waals surface area (Å²) in [6.07, 6.45) is 0.265. The molecule has 0 fully saturated rings. The summed E-state index contributed by atoms with van der Waals surface area (Å²) in [4.78, 5) is 15.8. The van der Waals surface area contributed by atoms with Crippen LogP contribution in [0.5, 0.6) is 11.5 Å². The molecule has 0 unspecified atom stereocenters. The molecule has 25 heavy (non-hydrogen) atoms. The van der Waals surface area contributed by atoms with E-state index in [-0.39, 0.29) is 12.3 Å². The lowest BCUT2D eigenvalue weighted by Gasteiger charge is -2.20. The number of halogens is 1. The summed E-state index contributed by atoms with van der Waals surface area (Å²) in [5.74, 6) is 1.06. The predicted octanol–water partition coefficient (Wildman–Crippen LogP) is 4.08. The fourth-order valence-corrected chi connectivity index (χ4v) is 3.28. The Labute approximate surface area is 149 Å². The van der Waals surface area contributed by atoms with Gasteiger partial charge in [-0.2, -0.15) is 0 Å². The third kappa shape index (κ3) is 3.03. The van der Waals surface area contributed by atoms with Crippen LogP contribution in [0.4, 0.5) is 5.69 Å². The van der Waals surface area contributed by atoms with E-state index >= 15 is 0 Å². The van der Waals surface area contributed by atoms with E-state index in [1.807, 2.05) is 31.2 Å². The van der Waals surface area contributed by atoms with Crippen LogP contribution in [0.3, 0.4) is 0 Å². The number of anilines is 1. The molecule has 0 saturated heterocycles. The number of hydrogen-bond acceptors (Lipinski definition) is 3. The molecule has 6 heteroatoms. The van der Waals surface area contributed by atoms with Gasteiger partial charge in [0.05, 0.1) is 17.1 Å². The molecule has 4 rings (SSSR count). The molecule has 1 amide bonds. The minimum atomic E-state index is -0.133. The van der Waals surface area contributed by atoms with E-state index in [9.17, 15) is 4.79 Å². The molecule has 0 radical (unpaired) electrons. The normalized spacial score (nSPS) is 13.0. The fourth-order valence-electron chi connectivity index (χ4n) is 3.08. The number of amides is 1. The molecule has 1 aliphatic rings. The first-order valence-corrected chi connectivity index (χ1v) is 8.45. The van der Waals surface area contributed by atoms with Crippen LogP contribution >= 0.6 is 11.6 Å². The standard InChI is InChI=1S/C19H17ClN2O3/c1-11-13(12-4-2-3-5-15(12)21-11)8-19(23)22-16-10-18-17(9-14(16)20)24-6-7-25-18/h2-5,9-10,21H,6-8H2,1H3,(H,22,23). The molecule has 128 valence electrons. The highest BCUT2D eigenvalue weighted by molar-refractivity contribution is 6.34. The molecule has 2 heterocycles. The molecular formula is C19H17ClN2O3. The molecular weight excluding hydrogens is 340 g/mol. The Kier molecular flexibility index (Phi) is 4.01. The number of aryl methyl sites for hydroxylation is 1. The van der Waals surface area contributed by atoms with Crippen LogP contribution in [0, 0.1) is 6.92 Å². The number of aromatic amines is 1. The van der Waals surface area contributed by atoms with Gasteiger partial charge in [0.1, 0.15) is 13.2 Å². The molecule has 0 saturated carbocycles. The number of fused-ring (bicyclic) bond motifs is 2. The quantitative estimate of drug-likeness (QED) is 0.743. The van der Waals surface area contributed by atoms with Crippen molar-refractivity contribution in [3.05, 3.63) is 52.7 Å². The Bertz CT molecular complexity index is 965. The van der Waals surface area contributed by atoms with Crippen molar-refractivity contribution in [1.29, 1.82) is 0 Å². The van der Waals surface area contributed by atoms with Gasteiger partial charge in [-0.1, -0.05) is 29.8 Å². The van der Waals surface area contributed by atoms with E-state index in [1.54, 1.807) is 12.1 Å². The molecule has 0 aliphatic carbocycles. The number of carbonyl (C=O) groups is 1. The topological polar surface area (TPSA) is 63.4 Å². The van der Waals surface area contributed by atoms with Crippen LogP contribution in [-0.2, 0) is 11.2 Å². The summed E-state index contributed by atoms with van der Waals surface area (Å²) in [6, 6.07) is 11.3. The zero-order chi connectivity index (χ0) is 17.4. The third-order valence-electron chi connectivity index (χ3n) is 4.27. The van der Waals surface area contributed by atoms with Crippen LogP contribution in [0.1, 0.15) is 11.3 Å². The second-order valence-corrected chi connectivity index (χ2v) is 6.38. The fraction of sp³-hybridized carbons (Fsp3) is 0.211. The van der Waals surface area contributed by atoms with Crippen LogP contribution in [0.15, 0.2) is 36.4 Å². The van der Waals surface area contributed by atoms with Gasteiger partial charge in [0.15, 0.2) is 11.5 Å². The van der Waals surface area contributed by atoms with E-state index in [2.05, 4.69) is 10.3 Å². The number of ether oxygens (including phenoxy) is 2. The summed E-state index contributed by atoms with van der Waals surface area (Å²) < 4.78 is 11.0. The average molecular weight is 357 g/mol. The first-order chi connectivity index (χ1) is 12.1. The number of benzene rings is 2. The van der Waals surface area contributed by atoms with E-state index in [0.29, 0.717) is 35.4 Å². The van der Waals surface area contributed by atoms with Crippen LogP contribution in [0.25, 0.3) is 10.9 Å². The monoisotopic (exact) mass is 356 g/mol. The minimum absolute atomic E-state index is 0.133. The van der Waals surface area contributed by atoms with E-state index < -0.39 is 0 Å². The van der Waals surface area contributed by atoms with Crippen LogP contribution in [-0.4, -0.2) is 24.1 Å². The van der Waals surface area contributed by atoms with Crippen molar-refractivity contribution in [1.82, 2.24) is 4.98 Å². The number of nitrogens with one attached hydrogen (secondary N) is 2. The van der Waals surface area contributed by atoms with Gasteiger partial charge in [0, 0.05) is 28.7 Å².